The molecule has 1 N–H and O–H groups in total. The van der Waals surface area contributed by atoms with Gasteiger partial charge < -0.3 is 4.74 Å². The van der Waals surface area contributed by atoms with Crippen molar-refractivity contribution in [3.8, 4) is 0 Å². The summed E-state index contributed by atoms with van der Waals surface area (Å²) in [4.78, 5) is 12.1. The third-order valence-electron chi connectivity index (χ3n) is 3.20. The lowest BCUT2D eigenvalue weighted by Gasteiger charge is -2.24. The first-order valence-electron chi connectivity index (χ1n) is 7.39. The van der Waals surface area contributed by atoms with E-state index in [1.165, 1.54) is 0 Å². The molecule has 2 rings (SSSR count). The molecule has 0 saturated heterocycles. The molecule has 2 aromatic rings. The van der Waals surface area contributed by atoms with Crippen molar-refractivity contribution in [1.29, 1.82) is 0 Å². The van der Waals surface area contributed by atoms with Gasteiger partial charge in [0.15, 0.2) is 0 Å². The van der Waals surface area contributed by atoms with Crippen LogP contribution < -0.4 is 10.4 Å². The minimum Gasteiger partial charge on any atom is -0.459 e. The van der Waals surface area contributed by atoms with Gasteiger partial charge in [0.1, 0.15) is 11.6 Å². The number of carbonyl (C=O) groups is 1. The van der Waals surface area contributed by atoms with Crippen LogP contribution in [0.15, 0.2) is 42.5 Å². The molecule has 0 heterocycles. The zero-order valence-electron chi connectivity index (χ0n) is 13.7. The van der Waals surface area contributed by atoms with E-state index >= 15 is 0 Å². The van der Waals surface area contributed by atoms with E-state index in [0.29, 0.717) is 5.30 Å². The number of hydrogen-bond acceptors (Lipinski definition) is 3. The number of rotatable bonds is 4. The van der Waals surface area contributed by atoms with Crippen molar-refractivity contribution in [2.24, 2.45) is 0 Å². The zero-order valence-corrected chi connectivity index (χ0v) is 15.3. The van der Waals surface area contributed by atoms with Crippen LogP contribution in [-0.4, -0.2) is 17.6 Å². The molecule has 0 bridgehead atoms. The highest BCUT2D eigenvalue weighted by molar-refractivity contribution is 7.93. The topological polar surface area (TPSA) is 55.4 Å². The van der Waals surface area contributed by atoms with Crippen LogP contribution >= 0.6 is 17.9 Å². The Hall–Kier alpha value is -1.35. The summed E-state index contributed by atoms with van der Waals surface area (Å²) in [5.41, 5.74) is -0.608. The number of benzene rings is 2. The maximum atomic E-state index is 13.0. The summed E-state index contributed by atoms with van der Waals surface area (Å²) in [5, 5.41) is 4.97. The second-order valence-electron chi connectivity index (χ2n) is 6.41. The number of halogens is 1. The first kappa shape index (κ1) is 18.0. The number of esters is 1. The highest BCUT2D eigenvalue weighted by atomic mass is 35.7. The Morgan fingerprint density at radius 1 is 1.17 bits per heavy atom. The normalized spacial score (nSPS) is 15.9. The molecule has 0 radical (unpaired) electrons. The molecule has 23 heavy (non-hydrogen) atoms. The second kappa shape index (κ2) is 6.64. The number of carbonyl (C=O) groups excluding carboxylic acids is 1. The van der Waals surface area contributed by atoms with Crippen LogP contribution in [0.5, 0.6) is 0 Å². The Kier molecular flexibility index (Phi) is 5.20. The van der Waals surface area contributed by atoms with Gasteiger partial charge >= 0.3 is 5.97 Å². The monoisotopic (exact) mass is 353 g/mol. The van der Waals surface area contributed by atoms with Crippen LogP contribution in [-0.2, 0) is 14.1 Å². The molecule has 0 spiro atoms. The van der Waals surface area contributed by atoms with Gasteiger partial charge in [0.25, 0.3) is 6.65 Å². The third-order valence-corrected chi connectivity index (χ3v) is 5.76. The van der Waals surface area contributed by atoms with Gasteiger partial charge in [-0.3, -0.25) is 9.36 Å². The van der Waals surface area contributed by atoms with E-state index in [1.54, 1.807) is 39.8 Å². The van der Waals surface area contributed by atoms with Gasteiger partial charge in [-0.2, -0.15) is 0 Å². The molecular formula is C17H21ClNO3P. The number of hydrogen-bond donors (Lipinski definition) is 1. The van der Waals surface area contributed by atoms with E-state index in [4.69, 9.17) is 16.0 Å². The van der Waals surface area contributed by atoms with Gasteiger partial charge in [-0.05, 0) is 55.8 Å². The van der Waals surface area contributed by atoms with E-state index in [0.717, 1.165) is 10.8 Å². The molecular weight excluding hydrogens is 333 g/mol. The Morgan fingerprint density at radius 2 is 1.78 bits per heavy atom. The number of nitrogens with one attached hydrogen (secondary N) is 1. The Balaban J connectivity index is 2.27. The summed E-state index contributed by atoms with van der Waals surface area (Å²) in [6.07, 6.45) is 0. The molecule has 0 aliphatic carbocycles. The lowest BCUT2D eigenvalue weighted by molar-refractivity contribution is -0.156. The summed E-state index contributed by atoms with van der Waals surface area (Å²) in [5.74, 6) is -0.487. The Bertz CT molecular complexity index is 765. The summed E-state index contributed by atoms with van der Waals surface area (Å²) >= 11 is 6.29. The van der Waals surface area contributed by atoms with Crippen LogP contribution in [0.25, 0.3) is 10.8 Å². The average molecular weight is 354 g/mol. The number of ether oxygens (including phenoxy) is 1. The van der Waals surface area contributed by atoms with Crippen LogP contribution in [0.1, 0.15) is 27.7 Å². The van der Waals surface area contributed by atoms with Crippen LogP contribution in [0.2, 0.25) is 0 Å². The van der Waals surface area contributed by atoms with E-state index in [1.807, 2.05) is 30.3 Å². The number of fused-ring (bicyclic) bond motifs is 1. The molecule has 0 aliphatic rings. The first-order chi connectivity index (χ1) is 10.6. The first-order valence-corrected chi connectivity index (χ1v) is 10.00. The molecule has 124 valence electrons. The van der Waals surface area contributed by atoms with Crippen molar-refractivity contribution in [2.45, 2.75) is 39.3 Å². The van der Waals surface area contributed by atoms with Crippen molar-refractivity contribution in [3.05, 3.63) is 42.5 Å². The molecule has 1 unspecified atom stereocenters. The smallest absolute Gasteiger partial charge is 0.323 e. The summed E-state index contributed by atoms with van der Waals surface area (Å²) in [7, 11) is 0. The minimum atomic E-state index is -3.44. The van der Waals surface area contributed by atoms with Gasteiger partial charge in [-0.25, -0.2) is 5.09 Å². The van der Waals surface area contributed by atoms with E-state index in [2.05, 4.69) is 5.09 Å². The quantitative estimate of drug-likeness (QED) is 0.660. The fraction of sp³-hybridized carbons (Fsp3) is 0.353. The zero-order chi connectivity index (χ0) is 17.3. The minimum absolute atomic E-state index is 0.487. The molecule has 6 heteroatoms. The van der Waals surface area contributed by atoms with Gasteiger partial charge in [0, 0.05) is 5.30 Å². The summed E-state index contributed by atoms with van der Waals surface area (Å²) in [6.45, 7) is 3.49. The molecule has 0 aromatic heterocycles. The van der Waals surface area contributed by atoms with Gasteiger partial charge in [-0.15, -0.1) is 0 Å². The Labute approximate surface area is 141 Å². The average Bonchev–Trinajstić information content (AvgIpc) is 2.44. The molecule has 0 fully saturated rings. The van der Waals surface area contributed by atoms with E-state index in [-0.39, 0.29) is 0 Å². The lowest BCUT2D eigenvalue weighted by Crippen LogP contribution is -2.38. The summed E-state index contributed by atoms with van der Waals surface area (Å²) < 4.78 is 18.2. The van der Waals surface area contributed by atoms with Gasteiger partial charge in [0.05, 0.1) is 0 Å². The van der Waals surface area contributed by atoms with Gasteiger partial charge in [0.2, 0.25) is 0 Å². The predicted octanol–water partition coefficient (Wildman–Crippen LogP) is 4.22. The van der Waals surface area contributed by atoms with Crippen molar-refractivity contribution >= 4 is 39.9 Å². The van der Waals surface area contributed by atoms with Crippen molar-refractivity contribution < 1.29 is 14.1 Å². The second-order valence-corrected chi connectivity index (χ2v) is 9.65. The molecule has 4 nitrogen and oxygen atoms in total. The highest BCUT2D eigenvalue weighted by Gasteiger charge is 2.30. The standard InChI is InChI=1S/C17H21ClNO3P/c1-12(16(20)22-17(2,3)4)19-23(18,21)15-11-7-9-13-8-5-6-10-14(13)15/h5-12H,1-4H3,(H,19,21)/t12-,23?/m0/s1. The maximum absolute atomic E-state index is 13.0. The van der Waals surface area contributed by atoms with E-state index < -0.39 is 24.3 Å². The molecule has 0 aliphatic heterocycles. The fourth-order valence-corrected chi connectivity index (χ4v) is 4.64. The van der Waals surface area contributed by atoms with Crippen LogP contribution in [0.3, 0.4) is 0 Å². The summed E-state index contributed by atoms with van der Waals surface area (Å²) in [6, 6.07) is 12.2. The highest BCUT2D eigenvalue weighted by Crippen LogP contribution is 2.47. The largest absolute Gasteiger partial charge is 0.459 e. The molecule has 0 saturated carbocycles. The van der Waals surface area contributed by atoms with Crippen LogP contribution in [0, 0.1) is 0 Å². The SMILES string of the molecule is C[C@H](NP(=O)(Cl)c1cccc2ccccc12)C(=O)OC(C)(C)C. The maximum Gasteiger partial charge on any atom is 0.323 e. The molecule has 2 aromatic carbocycles. The lowest BCUT2D eigenvalue weighted by atomic mass is 10.1. The van der Waals surface area contributed by atoms with Gasteiger partial charge in [-0.1, -0.05) is 36.4 Å². The van der Waals surface area contributed by atoms with Crippen LogP contribution in [0.4, 0.5) is 0 Å². The molecule has 0 amide bonds. The van der Waals surface area contributed by atoms with Crippen molar-refractivity contribution in [2.75, 3.05) is 0 Å². The Morgan fingerprint density at radius 3 is 2.43 bits per heavy atom. The van der Waals surface area contributed by atoms with E-state index in [9.17, 15) is 9.36 Å². The van der Waals surface area contributed by atoms with Crippen molar-refractivity contribution in [3.63, 3.8) is 0 Å². The fourth-order valence-electron chi connectivity index (χ4n) is 2.22. The molecule has 2 atom stereocenters. The predicted molar refractivity (Wildman–Crippen MR) is 95.5 cm³/mol. The van der Waals surface area contributed by atoms with Crippen molar-refractivity contribution in [1.82, 2.24) is 5.09 Å². The third kappa shape index (κ3) is 4.57.